The van der Waals surface area contributed by atoms with Crippen molar-refractivity contribution in [1.82, 2.24) is 4.98 Å². The van der Waals surface area contributed by atoms with Gasteiger partial charge in [-0.05, 0) is 34.0 Å². The number of fused-ring (bicyclic) bond motifs is 3. The van der Waals surface area contributed by atoms with E-state index in [-0.39, 0.29) is 20.1 Å². The fourth-order valence-corrected chi connectivity index (χ4v) is 3.73. The Morgan fingerprint density at radius 3 is 1.96 bits per heavy atom. The standard InChI is InChI=1S/C25H16N.Ir/c1-3-10-18(11-4-1)23(19-12-5-2-6-13-19)24-20-14-7-8-15-21(20)25-22(24)16-9-17-26-25;/h1-14,16-17H;/q-1;. The first-order valence-corrected chi connectivity index (χ1v) is 8.75. The molecule has 27 heavy (non-hydrogen) atoms. The summed E-state index contributed by atoms with van der Waals surface area (Å²) in [5.74, 6) is 0. The van der Waals surface area contributed by atoms with Gasteiger partial charge in [0.25, 0.3) is 0 Å². The molecule has 0 saturated heterocycles. The number of aromatic nitrogens is 1. The second-order valence-corrected chi connectivity index (χ2v) is 6.34. The zero-order valence-corrected chi connectivity index (χ0v) is 16.9. The molecular weight excluding hydrogens is 506 g/mol. The SMILES string of the molecule is [Ir].[c-]1cccc2c1-c1ncccc1C2=C(c1ccccc1)c1ccccc1. The van der Waals surface area contributed by atoms with Crippen LogP contribution in [0.4, 0.5) is 0 Å². The molecular formula is C25H16IrN-. The Kier molecular flexibility index (Phi) is 4.85. The molecule has 0 unspecified atom stereocenters. The molecule has 0 saturated carbocycles. The number of rotatable bonds is 2. The third-order valence-corrected chi connectivity index (χ3v) is 4.81. The van der Waals surface area contributed by atoms with Crippen LogP contribution in [-0.2, 0) is 20.1 Å². The minimum atomic E-state index is 0. The molecule has 2 heteroatoms. The van der Waals surface area contributed by atoms with Crippen LogP contribution in [0.5, 0.6) is 0 Å². The Balaban J connectivity index is 0.00000180. The van der Waals surface area contributed by atoms with Gasteiger partial charge in [0, 0.05) is 26.3 Å². The van der Waals surface area contributed by atoms with Gasteiger partial charge in [-0.1, -0.05) is 77.9 Å². The smallest absolute Gasteiger partial charge is 0.0161 e. The van der Waals surface area contributed by atoms with Gasteiger partial charge in [-0.3, -0.25) is 0 Å². The van der Waals surface area contributed by atoms with E-state index in [4.69, 9.17) is 0 Å². The summed E-state index contributed by atoms with van der Waals surface area (Å²) in [6.07, 6.45) is 1.86. The quantitative estimate of drug-likeness (QED) is 0.265. The summed E-state index contributed by atoms with van der Waals surface area (Å²) < 4.78 is 0. The van der Waals surface area contributed by atoms with Crippen LogP contribution in [0.25, 0.3) is 22.4 Å². The second-order valence-electron chi connectivity index (χ2n) is 6.34. The van der Waals surface area contributed by atoms with Gasteiger partial charge in [0.05, 0.1) is 0 Å². The summed E-state index contributed by atoms with van der Waals surface area (Å²) in [6, 6.07) is 35.0. The van der Waals surface area contributed by atoms with Crippen LogP contribution in [0.15, 0.2) is 97.2 Å². The molecule has 0 bridgehead atoms. The number of benzene rings is 3. The van der Waals surface area contributed by atoms with E-state index in [1.807, 2.05) is 18.3 Å². The van der Waals surface area contributed by atoms with E-state index in [2.05, 4.69) is 89.9 Å². The van der Waals surface area contributed by atoms with Crippen LogP contribution in [0.2, 0.25) is 0 Å². The van der Waals surface area contributed by atoms with Crippen LogP contribution < -0.4 is 0 Å². The molecule has 1 radical (unpaired) electrons. The molecule has 1 aliphatic rings. The molecule has 0 spiro atoms. The van der Waals surface area contributed by atoms with E-state index >= 15 is 0 Å². The maximum absolute atomic E-state index is 4.66. The molecule has 1 aromatic heterocycles. The average molecular weight is 523 g/mol. The van der Waals surface area contributed by atoms with Gasteiger partial charge in [-0.2, -0.15) is 0 Å². The maximum Gasteiger partial charge on any atom is 0.0161 e. The number of hydrogen-bond acceptors (Lipinski definition) is 1. The maximum atomic E-state index is 4.66. The molecule has 4 aromatic rings. The van der Waals surface area contributed by atoms with Crippen molar-refractivity contribution in [2.24, 2.45) is 0 Å². The first-order chi connectivity index (χ1) is 12.9. The van der Waals surface area contributed by atoms with Gasteiger partial charge in [0.15, 0.2) is 0 Å². The monoisotopic (exact) mass is 523 g/mol. The molecule has 1 aliphatic carbocycles. The van der Waals surface area contributed by atoms with Gasteiger partial charge >= 0.3 is 0 Å². The van der Waals surface area contributed by atoms with Gasteiger partial charge in [0.2, 0.25) is 0 Å². The van der Waals surface area contributed by atoms with Crippen molar-refractivity contribution in [1.29, 1.82) is 0 Å². The molecule has 1 heterocycles. The van der Waals surface area contributed by atoms with Crippen LogP contribution in [0, 0.1) is 6.07 Å². The molecule has 0 aliphatic heterocycles. The number of pyridine rings is 1. The first kappa shape index (κ1) is 17.6. The molecule has 131 valence electrons. The van der Waals surface area contributed by atoms with E-state index in [1.165, 1.54) is 33.4 Å². The largest absolute Gasteiger partial charge is 0.304 e. The summed E-state index contributed by atoms with van der Waals surface area (Å²) in [4.78, 5) is 4.66. The van der Waals surface area contributed by atoms with Crippen molar-refractivity contribution >= 4 is 11.1 Å². The zero-order valence-electron chi connectivity index (χ0n) is 14.5. The van der Waals surface area contributed by atoms with Crippen molar-refractivity contribution in [3.63, 3.8) is 0 Å². The van der Waals surface area contributed by atoms with Crippen molar-refractivity contribution in [2.45, 2.75) is 0 Å². The Hall–Kier alpha value is -2.80. The molecule has 0 fully saturated rings. The summed E-state index contributed by atoms with van der Waals surface area (Å²) in [5, 5.41) is 0. The molecule has 0 amide bonds. The van der Waals surface area contributed by atoms with Crippen molar-refractivity contribution in [2.75, 3.05) is 0 Å². The molecule has 1 nitrogen and oxygen atoms in total. The predicted molar refractivity (Wildman–Crippen MR) is 106 cm³/mol. The third-order valence-electron chi connectivity index (χ3n) is 4.81. The van der Waals surface area contributed by atoms with E-state index in [9.17, 15) is 0 Å². The molecule has 3 aromatic carbocycles. The van der Waals surface area contributed by atoms with Crippen LogP contribution in [0.1, 0.15) is 22.3 Å². The predicted octanol–water partition coefficient (Wildman–Crippen LogP) is 5.87. The topological polar surface area (TPSA) is 12.9 Å². The summed E-state index contributed by atoms with van der Waals surface area (Å²) in [7, 11) is 0. The fourth-order valence-electron chi connectivity index (χ4n) is 3.73. The van der Waals surface area contributed by atoms with Gasteiger partial charge in [-0.25, -0.2) is 0 Å². The van der Waals surface area contributed by atoms with Gasteiger partial charge in [-0.15, -0.1) is 29.8 Å². The second kappa shape index (κ2) is 7.44. The van der Waals surface area contributed by atoms with Crippen LogP contribution in [0.3, 0.4) is 0 Å². The Bertz CT molecular complexity index is 1030. The van der Waals surface area contributed by atoms with E-state index in [0.29, 0.717) is 0 Å². The van der Waals surface area contributed by atoms with E-state index in [0.717, 1.165) is 11.3 Å². The van der Waals surface area contributed by atoms with Crippen molar-refractivity contribution in [3.05, 3.63) is 126 Å². The summed E-state index contributed by atoms with van der Waals surface area (Å²) in [6.45, 7) is 0. The summed E-state index contributed by atoms with van der Waals surface area (Å²) in [5.41, 5.74) is 9.36. The molecule has 5 rings (SSSR count). The Morgan fingerprint density at radius 2 is 1.30 bits per heavy atom. The third kappa shape index (κ3) is 2.98. The van der Waals surface area contributed by atoms with Gasteiger partial charge < -0.3 is 4.98 Å². The van der Waals surface area contributed by atoms with Crippen LogP contribution >= 0.6 is 0 Å². The van der Waals surface area contributed by atoms with Gasteiger partial charge in [0.1, 0.15) is 0 Å². The molecule has 0 atom stereocenters. The normalized spacial score (nSPS) is 11.3. The minimum absolute atomic E-state index is 0. The summed E-state index contributed by atoms with van der Waals surface area (Å²) >= 11 is 0. The van der Waals surface area contributed by atoms with E-state index < -0.39 is 0 Å². The fraction of sp³-hybridized carbons (Fsp3) is 0. The average Bonchev–Trinajstić information content (AvgIpc) is 3.05. The number of hydrogen-bond donors (Lipinski definition) is 0. The zero-order chi connectivity index (χ0) is 17.3. The Morgan fingerprint density at radius 1 is 0.667 bits per heavy atom. The van der Waals surface area contributed by atoms with Crippen LogP contribution in [-0.4, -0.2) is 4.98 Å². The Labute approximate surface area is 172 Å². The van der Waals surface area contributed by atoms with Crippen molar-refractivity contribution in [3.8, 4) is 11.3 Å². The molecule has 0 N–H and O–H groups in total. The van der Waals surface area contributed by atoms with E-state index in [1.54, 1.807) is 0 Å². The minimum Gasteiger partial charge on any atom is -0.304 e. The first-order valence-electron chi connectivity index (χ1n) is 8.75. The number of nitrogens with zero attached hydrogens (tertiary/aromatic N) is 1. The van der Waals surface area contributed by atoms with Crippen molar-refractivity contribution < 1.29 is 20.1 Å².